The van der Waals surface area contributed by atoms with Gasteiger partial charge in [-0.15, -0.1) is 0 Å². The maximum atomic E-state index is 12.1. The number of para-hydroxylation sites is 1. The fraction of sp³-hybridized carbons (Fsp3) is 0.533. The molecule has 1 aromatic carbocycles. The third-order valence-electron chi connectivity index (χ3n) is 3.27. The van der Waals surface area contributed by atoms with Crippen molar-refractivity contribution in [3.8, 4) is 0 Å². The fourth-order valence-electron chi connectivity index (χ4n) is 1.91. The van der Waals surface area contributed by atoms with Gasteiger partial charge in [-0.1, -0.05) is 45.9 Å². The highest BCUT2D eigenvalue weighted by Crippen LogP contribution is 2.23. The Hall–Kier alpha value is -1.35. The molecule has 18 heavy (non-hydrogen) atoms. The minimum Gasteiger partial charge on any atom is -0.324 e. The molecule has 0 aliphatic carbocycles. The number of carbonyl (C=O) groups excluding carboxylic acids is 1. The van der Waals surface area contributed by atoms with Crippen molar-refractivity contribution >= 4 is 11.6 Å². The first-order valence-electron chi connectivity index (χ1n) is 6.68. The third kappa shape index (κ3) is 3.33. The van der Waals surface area contributed by atoms with E-state index in [1.807, 2.05) is 19.9 Å². The topological polar surface area (TPSA) is 55.1 Å². The zero-order valence-corrected chi connectivity index (χ0v) is 11.8. The van der Waals surface area contributed by atoms with Gasteiger partial charge < -0.3 is 11.1 Å². The summed E-state index contributed by atoms with van der Waals surface area (Å²) >= 11 is 0. The van der Waals surface area contributed by atoms with Crippen LogP contribution in [-0.2, 0) is 17.6 Å². The molecule has 1 aromatic rings. The van der Waals surface area contributed by atoms with Crippen LogP contribution in [0.1, 0.15) is 38.8 Å². The highest BCUT2D eigenvalue weighted by Gasteiger charge is 2.19. The second-order valence-electron chi connectivity index (χ2n) is 4.92. The normalized spacial score (nSPS) is 12.6. The van der Waals surface area contributed by atoms with Crippen molar-refractivity contribution in [3.63, 3.8) is 0 Å². The van der Waals surface area contributed by atoms with Crippen LogP contribution >= 0.6 is 0 Å². The Kier molecular flexibility index (Phi) is 5.35. The van der Waals surface area contributed by atoms with Crippen molar-refractivity contribution in [2.45, 2.75) is 46.6 Å². The minimum atomic E-state index is -0.459. The minimum absolute atomic E-state index is 0.0967. The van der Waals surface area contributed by atoms with E-state index in [1.165, 1.54) is 11.1 Å². The van der Waals surface area contributed by atoms with Gasteiger partial charge in [0, 0.05) is 5.69 Å². The molecule has 0 radical (unpaired) electrons. The molecular formula is C15H24N2O. The molecule has 100 valence electrons. The van der Waals surface area contributed by atoms with Crippen molar-refractivity contribution in [2.24, 2.45) is 11.7 Å². The first-order valence-corrected chi connectivity index (χ1v) is 6.68. The van der Waals surface area contributed by atoms with Crippen LogP contribution in [0.2, 0.25) is 0 Å². The van der Waals surface area contributed by atoms with E-state index in [1.54, 1.807) is 0 Å². The van der Waals surface area contributed by atoms with E-state index in [-0.39, 0.29) is 11.8 Å². The van der Waals surface area contributed by atoms with Gasteiger partial charge >= 0.3 is 0 Å². The van der Waals surface area contributed by atoms with Crippen LogP contribution in [0.25, 0.3) is 0 Å². The van der Waals surface area contributed by atoms with Gasteiger partial charge in [0.1, 0.15) is 0 Å². The maximum absolute atomic E-state index is 12.1. The average Bonchev–Trinajstić information content (AvgIpc) is 2.37. The van der Waals surface area contributed by atoms with Crippen LogP contribution < -0.4 is 11.1 Å². The first-order chi connectivity index (χ1) is 8.51. The van der Waals surface area contributed by atoms with E-state index in [2.05, 4.69) is 31.3 Å². The van der Waals surface area contributed by atoms with E-state index in [9.17, 15) is 4.79 Å². The summed E-state index contributed by atoms with van der Waals surface area (Å²) in [6.07, 6.45) is 1.81. The second kappa shape index (κ2) is 6.55. The molecule has 0 fully saturated rings. The van der Waals surface area contributed by atoms with Crippen LogP contribution in [0.4, 0.5) is 5.69 Å². The van der Waals surface area contributed by atoms with Crippen LogP contribution in [0.5, 0.6) is 0 Å². The average molecular weight is 248 g/mol. The number of nitrogens with two attached hydrogens (primary N) is 1. The van der Waals surface area contributed by atoms with Crippen molar-refractivity contribution in [2.75, 3.05) is 5.32 Å². The molecular weight excluding hydrogens is 224 g/mol. The molecule has 0 aliphatic heterocycles. The van der Waals surface area contributed by atoms with E-state index in [4.69, 9.17) is 5.73 Å². The first kappa shape index (κ1) is 14.7. The standard InChI is InChI=1S/C15H24N2O/c1-5-11-8-7-9-12(6-2)14(11)17-15(18)13(16)10(3)4/h7-10,13H,5-6,16H2,1-4H3,(H,17,18)/t13-/m0/s1. The van der Waals surface area contributed by atoms with Gasteiger partial charge in [0.2, 0.25) is 5.91 Å². The molecule has 0 unspecified atom stereocenters. The Morgan fingerprint density at radius 1 is 1.22 bits per heavy atom. The Balaban J connectivity index is 2.99. The van der Waals surface area contributed by atoms with Crippen LogP contribution in [0.3, 0.4) is 0 Å². The zero-order chi connectivity index (χ0) is 13.7. The Labute approximate surface area is 110 Å². The summed E-state index contributed by atoms with van der Waals surface area (Å²) in [5, 5.41) is 3.00. The Morgan fingerprint density at radius 2 is 1.72 bits per heavy atom. The quantitative estimate of drug-likeness (QED) is 0.841. The largest absolute Gasteiger partial charge is 0.324 e. The van der Waals surface area contributed by atoms with E-state index in [0.29, 0.717) is 0 Å². The lowest BCUT2D eigenvalue weighted by Gasteiger charge is -2.19. The molecule has 3 N–H and O–H groups in total. The number of carbonyl (C=O) groups is 1. The second-order valence-corrected chi connectivity index (χ2v) is 4.92. The number of anilines is 1. The molecule has 1 amide bonds. The van der Waals surface area contributed by atoms with Gasteiger partial charge in [0.05, 0.1) is 6.04 Å². The van der Waals surface area contributed by atoms with Gasteiger partial charge in [-0.3, -0.25) is 4.79 Å². The predicted molar refractivity (Wildman–Crippen MR) is 76.6 cm³/mol. The summed E-state index contributed by atoms with van der Waals surface area (Å²) in [6, 6.07) is 5.68. The highest BCUT2D eigenvalue weighted by atomic mass is 16.2. The summed E-state index contributed by atoms with van der Waals surface area (Å²) in [6.45, 7) is 8.09. The third-order valence-corrected chi connectivity index (χ3v) is 3.27. The SMILES string of the molecule is CCc1cccc(CC)c1NC(=O)[C@@H](N)C(C)C. The number of hydrogen-bond acceptors (Lipinski definition) is 2. The summed E-state index contributed by atoms with van der Waals surface area (Å²) in [5.74, 6) is 0.0458. The fourth-order valence-corrected chi connectivity index (χ4v) is 1.91. The van der Waals surface area contributed by atoms with E-state index < -0.39 is 6.04 Å². The monoisotopic (exact) mass is 248 g/mol. The molecule has 0 bridgehead atoms. The van der Waals surface area contributed by atoms with Crippen LogP contribution in [0.15, 0.2) is 18.2 Å². The zero-order valence-electron chi connectivity index (χ0n) is 11.8. The highest BCUT2D eigenvalue weighted by molar-refractivity contribution is 5.96. The van der Waals surface area contributed by atoms with Crippen LogP contribution in [-0.4, -0.2) is 11.9 Å². The number of aryl methyl sites for hydroxylation is 2. The van der Waals surface area contributed by atoms with Gasteiger partial charge in [0.15, 0.2) is 0 Å². The van der Waals surface area contributed by atoms with Gasteiger partial charge in [-0.05, 0) is 29.9 Å². The summed E-state index contributed by atoms with van der Waals surface area (Å²) in [5.41, 5.74) is 9.16. The number of amides is 1. The lowest BCUT2D eigenvalue weighted by molar-refractivity contribution is -0.118. The number of nitrogens with one attached hydrogen (secondary N) is 1. The molecule has 3 heteroatoms. The number of hydrogen-bond donors (Lipinski definition) is 2. The van der Waals surface area contributed by atoms with Gasteiger partial charge in [-0.25, -0.2) is 0 Å². The van der Waals surface area contributed by atoms with Crippen LogP contribution in [0, 0.1) is 5.92 Å². The van der Waals surface area contributed by atoms with Gasteiger partial charge in [0.25, 0.3) is 0 Å². The molecule has 0 aromatic heterocycles. The van der Waals surface area contributed by atoms with Crippen molar-refractivity contribution in [1.82, 2.24) is 0 Å². The van der Waals surface area contributed by atoms with E-state index in [0.717, 1.165) is 18.5 Å². The molecule has 1 atom stereocenters. The Bertz CT molecular complexity index is 391. The predicted octanol–water partition coefficient (Wildman–Crippen LogP) is 2.73. The molecule has 0 heterocycles. The smallest absolute Gasteiger partial charge is 0.241 e. The number of benzene rings is 1. The van der Waals surface area contributed by atoms with E-state index >= 15 is 0 Å². The molecule has 0 aliphatic rings. The Morgan fingerprint density at radius 3 is 2.11 bits per heavy atom. The van der Waals surface area contributed by atoms with Crippen molar-refractivity contribution in [1.29, 1.82) is 0 Å². The number of rotatable bonds is 5. The molecule has 0 saturated carbocycles. The lowest BCUT2D eigenvalue weighted by atomic mass is 10.0. The van der Waals surface area contributed by atoms with Crippen molar-refractivity contribution < 1.29 is 4.79 Å². The summed E-state index contributed by atoms with van der Waals surface area (Å²) < 4.78 is 0. The maximum Gasteiger partial charge on any atom is 0.241 e. The molecule has 0 spiro atoms. The summed E-state index contributed by atoms with van der Waals surface area (Å²) in [4.78, 5) is 12.1. The van der Waals surface area contributed by atoms with Crippen molar-refractivity contribution in [3.05, 3.63) is 29.3 Å². The lowest BCUT2D eigenvalue weighted by Crippen LogP contribution is -2.40. The molecule has 3 nitrogen and oxygen atoms in total. The molecule has 1 rings (SSSR count). The summed E-state index contributed by atoms with van der Waals surface area (Å²) in [7, 11) is 0. The van der Waals surface area contributed by atoms with Gasteiger partial charge in [-0.2, -0.15) is 0 Å². The molecule has 0 saturated heterocycles.